The standard InChI is InChI=1S/C22H25N3.ClH/c1-15-9-3-5-11-17(15)21(18-12-6-4-10-16(18)2)19-13-7-8-14-20(19)22(23,24)25;/h3-14,21H,23-25H2,1-2H3;1H. The van der Waals surface area contributed by atoms with Crippen molar-refractivity contribution in [3.63, 3.8) is 0 Å². The van der Waals surface area contributed by atoms with Crippen molar-refractivity contribution in [2.75, 3.05) is 0 Å². The summed E-state index contributed by atoms with van der Waals surface area (Å²) >= 11 is 0. The second-order valence-electron chi connectivity index (χ2n) is 6.67. The maximum Gasteiger partial charge on any atom is 0.143 e. The molecule has 0 aliphatic rings. The number of rotatable bonds is 4. The summed E-state index contributed by atoms with van der Waals surface area (Å²) in [6.45, 7) is 4.26. The molecule has 0 unspecified atom stereocenters. The van der Waals surface area contributed by atoms with Crippen LogP contribution < -0.4 is 17.2 Å². The van der Waals surface area contributed by atoms with Gasteiger partial charge >= 0.3 is 0 Å². The first-order valence-electron chi connectivity index (χ1n) is 8.46. The van der Waals surface area contributed by atoms with Crippen molar-refractivity contribution < 1.29 is 0 Å². The quantitative estimate of drug-likeness (QED) is 0.483. The van der Waals surface area contributed by atoms with E-state index < -0.39 is 5.79 Å². The number of halogens is 1. The van der Waals surface area contributed by atoms with Crippen molar-refractivity contribution in [3.05, 3.63) is 106 Å². The van der Waals surface area contributed by atoms with E-state index in [1.165, 1.54) is 22.3 Å². The molecule has 3 nitrogen and oxygen atoms in total. The predicted molar refractivity (Wildman–Crippen MR) is 111 cm³/mol. The number of aryl methyl sites for hydroxylation is 2. The van der Waals surface area contributed by atoms with Gasteiger partial charge in [0.05, 0.1) is 0 Å². The highest BCUT2D eigenvalue weighted by Crippen LogP contribution is 2.37. The molecule has 0 spiro atoms. The molecule has 0 aliphatic heterocycles. The van der Waals surface area contributed by atoms with Crippen LogP contribution in [0, 0.1) is 13.8 Å². The Labute approximate surface area is 161 Å². The maximum atomic E-state index is 6.08. The molecule has 0 atom stereocenters. The predicted octanol–water partition coefficient (Wildman–Crippen LogP) is 3.89. The summed E-state index contributed by atoms with van der Waals surface area (Å²) in [5, 5.41) is 0. The first-order chi connectivity index (χ1) is 11.9. The molecule has 4 heteroatoms. The molecule has 26 heavy (non-hydrogen) atoms. The first-order valence-corrected chi connectivity index (χ1v) is 8.46. The van der Waals surface area contributed by atoms with Gasteiger partial charge in [-0.15, -0.1) is 12.4 Å². The van der Waals surface area contributed by atoms with Gasteiger partial charge in [0.1, 0.15) is 5.79 Å². The van der Waals surface area contributed by atoms with Crippen molar-refractivity contribution in [1.82, 2.24) is 0 Å². The third kappa shape index (κ3) is 3.97. The summed E-state index contributed by atoms with van der Waals surface area (Å²) in [5.74, 6) is -1.37. The normalized spacial score (nSPS) is 11.3. The van der Waals surface area contributed by atoms with Crippen LogP contribution in [0.15, 0.2) is 72.8 Å². The Bertz CT molecular complexity index is 839. The van der Waals surface area contributed by atoms with Crippen LogP contribution in [-0.2, 0) is 5.79 Å². The van der Waals surface area contributed by atoms with Crippen molar-refractivity contribution in [3.8, 4) is 0 Å². The van der Waals surface area contributed by atoms with E-state index in [0.717, 1.165) is 11.1 Å². The van der Waals surface area contributed by atoms with Gasteiger partial charge in [-0.3, -0.25) is 17.2 Å². The third-order valence-corrected chi connectivity index (χ3v) is 4.74. The molecule has 6 N–H and O–H groups in total. The number of benzene rings is 3. The van der Waals surface area contributed by atoms with Gasteiger partial charge in [-0.25, -0.2) is 0 Å². The second-order valence-corrected chi connectivity index (χ2v) is 6.67. The summed E-state index contributed by atoms with van der Waals surface area (Å²) in [4.78, 5) is 0. The average Bonchev–Trinajstić information content (AvgIpc) is 2.58. The van der Waals surface area contributed by atoms with E-state index in [0.29, 0.717) is 0 Å². The molecule has 0 aliphatic carbocycles. The molecule has 136 valence electrons. The highest BCUT2D eigenvalue weighted by molar-refractivity contribution is 5.85. The summed E-state index contributed by atoms with van der Waals surface area (Å²) in [7, 11) is 0. The van der Waals surface area contributed by atoms with E-state index in [-0.39, 0.29) is 18.3 Å². The van der Waals surface area contributed by atoms with Gasteiger partial charge in [0.25, 0.3) is 0 Å². The molecule has 0 bridgehead atoms. The van der Waals surface area contributed by atoms with E-state index in [9.17, 15) is 0 Å². The summed E-state index contributed by atoms with van der Waals surface area (Å²) in [5.41, 5.74) is 25.0. The average molecular weight is 368 g/mol. The van der Waals surface area contributed by atoms with E-state index in [2.05, 4.69) is 68.4 Å². The van der Waals surface area contributed by atoms with Gasteiger partial charge < -0.3 is 0 Å². The van der Waals surface area contributed by atoms with Crippen LogP contribution in [0.25, 0.3) is 0 Å². The highest BCUT2D eigenvalue weighted by atomic mass is 35.5. The van der Waals surface area contributed by atoms with Gasteiger partial charge in [0.15, 0.2) is 0 Å². The minimum absolute atomic E-state index is 0. The van der Waals surface area contributed by atoms with E-state index >= 15 is 0 Å². The Hall–Kier alpha value is -2.17. The molecule has 0 saturated carbocycles. The lowest BCUT2D eigenvalue weighted by Crippen LogP contribution is -2.55. The third-order valence-electron chi connectivity index (χ3n) is 4.74. The largest absolute Gasteiger partial charge is 0.297 e. The zero-order valence-electron chi connectivity index (χ0n) is 15.1. The highest BCUT2D eigenvalue weighted by Gasteiger charge is 2.27. The Morgan fingerprint density at radius 3 is 1.42 bits per heavy atom. The zero-order valence-corrected chi connectivity index (χ0v) is 16.0. The van der Waals surface area contributed by atoms with Crippen LogP contribution in [0.4, 0.5) is 0 Å². The van der Waals surface area contributed by atoms with Crippen molar-refractivity contribution >= 4 is 12.4 Å². The smallest absolute Gasteiger partial charge is 0.143 e. The lowest BCUT2D eigenvalue weighted by Gasteiger charge is -2.29. The fourth-order valence-electron chi connectivity index (χ4n) is 3.47. The lowest BCUT2D eigenvalue weighted by atomic mass is 9.78. The Kier molecular flexibility index (Phi) is 6.21. The molecule has 3 rings (SSSR count). The molecule has 0 fully saturated rings. The zero-order chi connectivity index (χ0) is 18.0. The molecule has 3 aromatic rings. The minimum Gasteiger partial charge on any atom is -0.297 e. The van der Waals surface area contributed by atoms with Crippen LogP contribution in [0.1, 0.15) is 39.3 Å². The van der Waals surface area contributed by atoms with Gasteiger partial charge in [-0.2, -0.15) is 0 Å². The second kappa shape index (κ2) is 8.02. The van der Waals surface area contributed by atoms with Crippen LogP contribution in [0.3, 0.4) is 0 Å². The van der Waals surface area contributed by atoms with Gasteiger partial charge in [0.2, 0.25) is 0 Å². The monoisotopic (exact) mass is 367 g/mol. The molecule has 0 heterocycles. The van der Waals surface area contributed by atoms with E-state index in [1.54, 1.807) is 0 Å². The first kappa shape index (κ1) is 20.1. The number of nitrogens with two attached hydrogens (primary N) is 3. The molecule has 0 saturated heterocycles. The van der Waals surface area contributed by atoms with E-state index in [1.807, 2.05) is 18.2 Å². The van der Waals surface area contributed by atoms with Crippen LogP contribution in [-0.4, -0.2) is 0 Å². The van der Waals surface area contributed by atoms with Crippen molar-refractivity contribution in [2.45, 2.75) is 25.6 Å². The molecular formula is C22H26ClN3. The molecule has 0 aromatic heterocycles. The van der Waals surface area contributed by atoms with Crippen LogP contribution in [0.5, 0.6) is 0 Å². The van der Waals surface area contributed by atoms with Crippen LogP contribution >= 0.6 is 12.4 Å². The SMILES string of the molecule is Cc1ccccc1C(c1ccccc1C)c1ccccc1C(N)(N)N.Cl. The maximum absolute atomic E-state index is 6.08. The molecule has 0 amide bonds. The minimum atomic E-state index is -1.39. The number of hydrogen-bond acceptors (Lipinski definition) is 3. The molecule has 0 radical (unpaired) electrons. The van der Waals surface area contributed by atoms with Crippen LogP contribution in [0.2, 0.25) is 0 Å². The molecule has 3 aromatic carbocycles. The van der Waals surface area contributed by atoms with E-state index in [4.69, 9.17) is 17.2 Å². The Balaban J connectivity index is 0.00000243. The van der Waals surface area contributed by atoms with Gasteiger partial charge in [-0.05, 0) is 41.7 Å². The summed E-state index contributed by atoms with van der Waals surface area (Å²) in [6.07, 6.45) is 0. The number of hydrogen-bond donors (Lipinski definition) is 3. The Morgan fingerprint density at radius 1 is 0.615 bits per heavy atom. The summed E-state index contributed by atoms with van der Waals surface area (Å²) in [6, 6.07) is 24.7. The van der Waals surface area contributed by atoms with Gasteiger partial charge in [-0.1, -0.05) is 72.8 Å². The van der Waals surface area contributed by atoms with Gasteiger partial charge in [0, 0.05) is 11.5 Å². The fourth-order valence-corrected chi connectivity index (χ4v) is 3.47. The topological polar surface area (TPSA) is 78.1 Å². The fraction of sp³-hybridized carbons (Fsp3) is 0.182. The Morgan fingerprint density at radius 2 is 1.00 bits per heavy atom. The lowest BCUT2D eigenvalue weighted by molar-refractivity contribution is 0.482. The summed E-state index contributed by atoms with van der Waals surface area (Å²) < 4.78 is 0. The van der Waals surface area contributed by atoms with Crippen molar-refractivity contribution in [2.24, 2.45) is 17.2 Å². The molecular weight excluding hydrogens is 342 g/mol. The van der Waals surface area contributed by atoms with Crippen molar-refractivity contribution in [1.29, 1.82) is 0 Å².